The van der Waals surface area contributed by atoms with Crippen LogP contribution in [0.5, 0.6) is 0 Å². The van der Waals surface area contributed by atoms with Gasteiger partial charge in [0, 0.05) is 29.1 Å². The number of benzene rings is 2. The lowest BCUT2D eigenvalue weighted by atomic mass is 10.1. The maximum Gasteiger partial charge on any atom is 0.341 e. The highest BCUT2D eigenvalue weighted by atomic mass is 79.9. The lowest BCUT2D eigenvalue weighted by molar-refractivity contribution is 0.0527. The van der Waals surface area contributed by atoms with Gasteiger partial charge in [-0.1, -0.05) is 46.3 Å². The van der Waals surface area contributed by atoms with E-state index in [4.69, 9.17) is 4.74 Å². The van der Waals surface area contributed by atoms with Gasteiger partial charge in [0.15, 0.2) is 0 Å². The minimum absolute atomic E-state index is 0.333. The molecular formula is C21H21BrN2O2. The normalized spacial score (nSPS) is 10.7. The standard InChI is InChI=1S/C21H21BrN2O2/c1-3-24(14-15-8-6-5-7-9-15)20-17-12-16(22)10-11-19(17)23-13-18(20)21(25)26-4-2/h5-13H,3-4,14H2,1-2H3. The van der Waals surface area contributed by atoms with E-state index >= 15 is 0 Å². The molecule has 3 rings (SSSR count). The SMILES string of the molecule is CCOC(=O)c1cnc2ccc(Br)cc2c1N(CC)Cc1ccccc1. The van der Waals surface area contributed by atoms with Crippen LogP contribution < -0.4 is 4.90 Å². The molecule has 26 heavy (non-hydrogen) atoms. The van der Waals surface area contributed by atoms with E-state index in [0.29, 0.717) is 18.7 Å². The summed E-state index contributed by atoms with van der Waals surface area (Å²) in [5, 5.41) is 0.933. The van der Waals surface area contributed by atoms with Gasteiger partial charge in [-0.25, -0.2) is 4.79 Å². The fraction of sp³-hybridized carbons (Fsp3) is 0.238. The van der Waals surface area contributed by atoms with Gasteiger partial charge in [-0.05, 0) is 37.6 Å². The average Bonchev–Trinajstić information content (AvgIpc) is 2.66. The minimum atomic E-state index is -0.344. The van der Waals surface area contributed by atoms with Crippen molar-refractivity contribution < 1.29 is 9.53 Å². The van der Waals surface area contributed by atoms with Gasteiger partial charge in [0.1, 0.15) is 5.56 Å². The van der Waals surface area contributed by atoms with Gasteiger partial charge in [0.05, 0.1) is 17.8 Å². The number of esters is 1. The quantitative estimate of drug-likeness (QED) is 0.521. The number of pyridine rings is 1. The first-order valence-corrected chi connectivity index (χ1v) is 9.47. The lowest BCUT2D eigenvalue weighted by Gasteiger charge is -2.27. The first-order chi connectivity index (χ1) is 12.6. The van der Waals surface area contributed by atoms with E-state index in [0.717, 1.165) is 27.6 Å². The number of rotatable bonds is 6. The molecule has 0 aliphatic heterocycles. The predicted octanol–water partition coefficient (Wildman–Crippen LogP) is 5.20. The van der Waals surface area contributed by atoms with Crippen LogP contribution in [0.2, 0.25) is 0 Å². The first-order valence-electron chi connectivity index (χ1n) is 8.68. The van der Waals surface area contributed by atoms with Crippen molar-refractivity contribution in [2.75, 3.05) is 18.1 Å². The molecule has 0 saturated carbocycles. The number of carbonyl (C=O) groups is 1. The number of carbonyl (C=O) groups excluding carboxylic acids is 1. The second-order valence-corrected chi connectivity index (χ2v) is 6.82. The van der Waals surface area contributed by atoms with Gasteiger partial charge in [-0.15, -0.1) is 0 Å². The molecule has 0 radical (unpaired) electrons. The molecular weight excluding hydrogens is 392 g/mol. The number of fused-ring (bicyclic) bond motifs is 1. The van der Waals surface area contributed by atoms with Crippen molar-refractivity contribution in [3.8, 4) is 0 Å². The Morgan fingerprint density at radius 3 is 2.62 bits per heavy atom. The maximum absolute atomic E-state index is 12.6. The molecule has 3 aromatic rings. The Morgan fingerprint density at radius 1 is 1.15 bits per heavy atom. The molecule has 0 spiro atoms. The summed E-state index contributed by atoms with van der Waals surface area (Å²) in [4.78, 5) is 19.2. The van der Waals surface area contributed by atoms with E-state index in [1.54, 1.807) is 6.20 Å². The summed E-state index contributed by atoms with van der Waals surface area (Å²) in [5.41, 5.74) is 3.39. The van der Waals surface area contributed by atoms with Crippen molar-refractivity contribution in [2.45, 2.75) is 20.4 Å². The summed E-state index contributed by atoms with van der Waals surface area (Å²) in [6.07, 6.45) is 1.62. The largest absolute Gasteiger partial charge is 0.462 e. The Morgan fingerprint density at radius 2 is 1.92 bits per heavy atom. The third-order valence-electron chi connectivity index (χ3n) is 4.21. The van der Waals surface area contributed by atoms with Crippen molar-refractivity contribution in [3.63, 3.8) is 0 Å². The van der Waals surface area contributed by atoms with Crippen LogP contribution in [0.1, 0.15) is 29.8 Å². The predicted molar refractivity (Wildman–Crippen MR) is 109 cm³/mol. The fourth-order valence-corrected chi connectivity index (χ4v) is 3.36. The van der Waals surface area contributed by atoms with Gasteiger partial charge in [0.25, 0.3) is 0 Å². The fourth-order valence-electron chi connectivity index (χ4n) is 3.00. The first kappa shape index (κ1) is 18.4. The molecule has 0 fully saturated rings. The number of hydrogen-bond donors (Lipinski definition) is 0. The third-order valence-corrected chi connectivity index (χ3v) is 4.70. The molecule has 0 aliphatic rings. The lowest BCUT2D eigenvalue weighted by Crippen LogP contribution is -2.25. The molecule has 0 saturated heterocycles. The van der Waals surface area contributed by atoms with Gasteiger partial charge < -0.3 is 9.64 Å². The third kappa shape index (κ3) is 3.88. The average molecular weight is 413 g/mol. The number of halogens is 1. The zero-order chi connectivity index (χ0) is 18.5. The molecule has 0 amide bonds. The van der Waals surface area contributed by atoms with Crippen molar-refractivity contribution in [1.29, 1.82) is 0 Å². The molecule has 134 valence electrons. The van der Waals surface area contributed by atoms with Crippen LogP contribution in [-0.4, -0.2) is 24.1 Å². The Balaban J connectivity index is 2.16. The minimum Gasteiger partial charge on any atom is -0.462 e. The Labute approximate surface area is 161 Å². The van der Waals surface area contributed by atoms with E-state index in [1.807, 2.05) is 43.3 Å². The summed E-state index contributed by atoms with van der Waals surface area (Å²) < 4.78 is 6.22. The van der Waals surface area contributed by atoms with Crippen LogP contribution in [0.3, 0.4) is 0 Å². The van der Waals surface area contributed by atoms with E-state index in [2.05, 4.69) is 44.9 Å². The van der Waals surface area contributed by atoms with Crippen LogP contribution in [0.25, 0.3) is 10.9 Å². The van der Waals surface area contributed by atoms with Crippen LogP contribution in [-0.2, 0) is 11.3 Å². The highest BCUT2D eigenvalue weighted by Crippen LogP contribution is 2.33. The molecule has 0 aliphatic carbocycles. The molecule has 2 aromatic carbocycles. The van der Waals surface area contributed by atoms with E-state index in [9.17, 15) is 4.79 Å². The molecule has 0 N–H and O–H groups in total. The summed E-state index contributed by atoms with van der Waals surface area (Å²) in [5.74, 6) is -0.344. The Hall–Kier alpha value is -2.40. The van der Waals surface area contributed by atoms with Gasteiger partial charge in [-0.3, -0.25) is 4.98 Å². The monoisotopic (exact) mass is 412 g/mol. The van der Waals surface area contributed by atoms with Crippen molar-refractivity contribution in [2.24, 2.45) is 0 Å². The summed E-state index contributed by atoms with van der Waals surface area (Å²) in [6, 6.07) is 16.1. The maximum atomic E-state index is 12.6. The van der Waals surface area contributed by atoms with Crippen molar-refractivity contribution >= 4 is 38.5 Å². The second-order valence-electron chi connectivity index (χ2n) is 5.90. The van der Waals surface area contributed by atoms with E-state index in [1.165, 1.54) is 5.56 Å². The molecule has 0 unspecified atom stereocenters. The number of anilines is 1. The van der Waals surface area contributed by atoms with Crippen LogP contribution in [0, 0.1) is 0 Å². The summed E-state index contributed by atoms with van der Waals surface area (Å²) in [7, 11) is 0. The number of hydrogen-bond acceptors (Lipinski definition) is 4. The summed E-state index contributed by atoms with van der Waals surface area (Å²) in [6.45, 7) is 5.69. The topological polar surface area (TPSA) is 42.4 Å². The van der Waals surface area contributed by atoms with Crippen LogP contribution >= 0.6 is 15.9 Å². The van der Waals surface area contributed by atoms with Gasteiger partial charge in [-0.2, -0.15) is 0 Å². The zero-order valence-electron chi connectivity index (χ0n) is 14.9. The number of aromatic nitrogens is 1. The Bertz CT molecular complexity index is 913. The number of nitrogens with zero attached hydrogens (tertiary/aromatic N) is 2. The smallest absolute Gasteiger partial charge is 0.341 e. The van der Waals surface area contributed by atoms with E-state index < -0.39 is 0 Å². The van der Waals surface area contributed by atoms with Crippen molar-refractivity contribution in [1.82, 2.24) is 4.98 Å². The molecule has 4 nitrogen and oxygen atoms in total. The molecule has 5 heteroatoms. The molecule has 0 bridgehead atoms. The van der Waals surface area contributed by atoms with Gasteiger partial charge in [0.2, 0.25) is 0 Å². The van der Waals surface area contributed by atoms with Crippen LogP contribution in [0.4, 0.5) is 5.69 Å². The summed E-state index contributed by atoms with van der Waals surface area (Å²) >= 11 is 3.53. The highest BCUT2D eigenvalue weighted by Gasteiger charge is 2.21. The Kier molecular flexibility index (Phi) is 5.89. The van der Waals surface area contributed by atoms with E-state index in [-0.39, 0.29) is 5.97 Å². The molecule has 1 heterocycles. The van der Waals surface area contributed by atoms with Gasteiger partial charge >= 0.3 is 5.97 Å². The highest BCUT2D eigenvalue weighted by molar-refractivity contribution is 9.10. The second kappa shape index (κ2) is 8.32. The van der Waals surface area contributed by atoms with Crippen molar-refractivity contribution in [3.05, 3.63) is 70.3 Å². The number of ether oxygens (including phenoxy) is 1. The van der Waals surface area contributed by atoms with Crippen LogP contribution in [0.15, 0.2) is 59.2 Å². The molecule has 1 aromatic heterocycles. The zero-order valence-corrected chi connectivity index (χ0v) is 16.5. The molecule has 0 atom stereocenters.